The molecule has 3 rings (SSSR count). The molecule has 0 spiro atoms. The Bertz CT molecular complexity index is 985. The third-order valence-electron chi connectivity index (χ3n) is 3.81. The van der Waals surface area contributed by atoms with Crippen LogP contribution >= 0.6 is 24.8 Å². The van der Waals surface area contributed by atoms with Crippen LogP contribution in [-0.2, 0) is 0 Å². The molecule has 0 amide bonds. The van der Waals surface area contributed by atoms with Crippen LogP contribution in [-0.4, -0.2) is 33.3 Å². The number of anilines is 3. The standard InChI is InChI=1S/C19H21N7O.2ClH/c1-12-4-6-16(14(3)22-12)27-9-8-21-19-15(11-20)5-7-17(24-19)23-18-10-13(2)25-26-18;;/h4-7,10H,8-9H2,1-3H3,(H3,21,23,24,25,26);2*1H. The summed E-state index contributed by atoms with van der Waals surface area (Å²) < 4.78 is 5.75. The molecule has 10 heteroatoms. The first kappa shape index (κ1) is 24.0. The summed E-state index contributed by atoms with van der Waals surface area (Å²) in [5.41, 5.74) is 3.22. The van der Waals surface area contributed by atoms with Gasteiger partial charge in [-0.2, -0.15) is 10.4 Å². The Labute approximate surface area is 181 Å². The molecule has 3 heterocycles. The van der Waals surface area contributed by atoms with Gasteiger partial charge in [0.1, 0.15) is 30.1 Å². The number of nitriles is 1. The molecule has 0 bridgehead atoms. The van der Waals surface area contributed by atoms with E-state index in [1.807, 2.05) is 39.0 Å². The third kappa shape index (κ3) is 6.52. The third-order valence-corrected chi connectivity index (χ3v) is 3.81. The van der Waals surface area contributed by atoms with Crippen LogP contribution in [0.5, 0.6) is 5.75 Å². The normalized spacial score (nSPS) is 9.59. The predicted octanol–water partition coefficient (Wildman–Crippen LogP) is 4.07. The number of aryl methyl sites for hydroxylation is 3. The Balaban J connectivity index is 0.00000210. The van der Waals surface area contributed by atoms with Gasteiger partial charge in [-0.05, 0) is 45.0 Å². The van der Waals surface area contributed by atoms with Crippen LogP contribution in [0.15, 0.2) is 30.3 Å². The molecule has 154 valence electrons. The average molecular weight is 436 g/mol. The predicted molar refractivity (Wildman–Crippen MR) is 118 cm³/mol. The maximum atomic E-state index is 9.29. The summed E-state index contributed by atoms with van der Waals surface area (Å²) in [6.45, 7) is 6.70. The number of rotatable bonds is 7. The number of nitrogens with zero attached hydrogens (tertiary/aromatic N) is 4. The van der Waals surface area contributed by atoms with E-state index in [0.29, 0.717) is 36.2 Å². The van der Waals surface area contributed by atoms with E-state index in [0.717, 1.165) is 22.8 Å². The average Bonchev–Trinajstić information content (AvgIpc) is 3.05. The van der Waals surface area contributed by atoms with E-state index in [-0.39, 0.29) is 24.8 Å². The smallest absolute Gasteiger partial charge is 0.153 e. The Kier molecular flexibility index (Phi) is 9.19. The van der Waals surface area contributed by atoms with E-state index >= 15 is 0 Å². The van der Waals surface area contributed by atoms with Gasteiger partial charge in [-0.3, -0.25) is 10.1 Å². The second kappa shape index (κ2) is 11.1. The van der Waals surface area contributed by atoms with Gasteiger partial charge < -0.3 is 15.4 Å². The summed E-state index contributed by atoms with van der Waals surface area (Å²) in [7, 11) is 0. The first-order valence-corrected chi connectivity index (χ1v) is 8.56. The molecule has 0 saturated heterocycles. The molecule has 3 aromatic rings. The van der Waals surface area contributed by atoms with E-state index in [4.69, 9.17) is 4.74 Å². The lowest BCUT2D eigenvalue weighted by molar-refractivity contribution is 0.328. The van der Waals surface area contributed by atoms with Crippen LogP contribution in [0, 0.1) is 32.1 Å². The fourth-order valence-corrected chi connectivity index (χ4v) is 2.52. The molecule has 0 aromatic carbocycles. The lowest BCUT2D eigenvalue weighted by Crippen LogP contribution is -2.14. The Morgan fingerprint density at radius 3 is 2.52 bits per heavy atom. The minimum absolute atomic E-state index is 0. The molecule has 0 aliphatic rings. The molecule has 0 radical (unpaired) electrons. The van der Waals surface area contributed by atoms with E-state index in [1.165, 1.54) is 0 Å². The molecule has 3 aromatic heterocycles. The van der Waals surface area contributed by atoms with E-state index < -0.39 is 0 Å². The summed E-state index contributed by atoms with van der Waals surface area (Å²) in [5, 5.41) is 22.5. The number of aromatic amines is 1. The van der Waals surface area contributed by atoms with Gasteiger partial charge in [0.25, 0.3) is 0 Å². The number of pyridine rings is 2. The number of aromatic nitrogens is 4. The maximum absolute atomic E-state index is 9.29. The molecular weight excluding hydrogens is 413 g/mol. The van der Waals surface area contributed by atoms with Gasteiger partial charge in [0.05, 0.1) is 17.8 Å². The lowest BCUT2D eigenvalue weighted by Gasteiger charge is -2.12. The zero-order chi connectivity index (χ0) is 19.2. The van der Waals surface area contributed by atoms with Crippen molar-refractivity contribution < 1.29 is 4.74 Å². The number of nitrogens with one attached hydrogen (secondary N) is 3. The quantitative estimate of drug-likeness (QED) is 0.479. The minimum Gasteiger partial charge on any atom is -0.490 e. The summed E-state index contributed by atoms with van der Waals surface area (Å²) in [5.74, 6) is 2.51. The van der Waals surface area contributed by atoms with Gasteiger partial charge in [-0.25, -0.2) is 4.98 Å². The molecular formula is C19H23Cl2N7O. The van der Waals surface area contributed by atoms with E-state index in [9.17, 15) is 5.26 Å². The van der Waals surface area contributed by atoms with Crippen molar-refractivity contribution in [2.75, 3.05) is 23.8 Å². The van der Waals surface area contributed by atoms with Crippen LogP contribution in [0.3, 0.4) is 0 Å². The number of hydrogen-bond acceptors (Lipinski definition) is 7. The molecule has 0 fully saturated rings. The number of halogens is 2. The van der Waals surface area contributed by atoms with Crippen LogP contribution in [0.2, 0.25) is 0 Å². The SMILES string of the molecule is Cc1ccc(OCCNc2nc(Nc3cc(C)[nH]n3)ccc2C#N)c(C)n1.Cl.Cl. The van der Waals surface area contributed by atoms with Crippen molar-refractivity contribution in [3.8, 4) is 11.8 Å². The van der Waals surface area contributed by atoms with Crippen molar-refractivity contribution in [3.63, 3.8) is 0 Å². The Morgan fingerprint density at radius 2 is 1.86 bits per heavy atom. The highest BCUT2D eigenvalue weighted by Crippen LogP contribution is 2.19. The molecule has 8 nitrogen and oxygen atoms in total. The van der Waals surface area contributed by atoms with Gasteiger partial charge in [0.2, 0.25) is 0 Å². The van der Waals surface area contributed by atoms with E-state index in [2.05, 4.69) is 36.9 Å². The fraction of sp³-hybridized carbons (Fsp3) is 0.263. The molecule has 0 aliphatic heterocycles. The van der Waals surface area contributed by atoms with Crippen LogP contribution < -0.4 is 15.4 Å². The molecule has 29 heavy (non-hydrogen) atoms. The summed E-state index contributed by atoms with van der Waals surface area (Å²) in [6.07, 6.45) is 0. The molecule has 0 saturated carbocycles. The highest BCUT2D eigenvalue weighted by atomic mass is 35.5. The van der Waals surface area contributed by atoms with E-state index in [1.54, 1.807) is 12.1 Å². The van der Waals surface area contributed by atoms with Crippen LogP contribution in [0.4, 0.5) is 17.5 Å². The zero-order valence-electron chi connectivity index (χ0n) is 16.3. The van der Waals surface area contributed by atoms with Gasteiger partial charge in [-0.15, -0.1) is 24.8 Å². The highest BCUT2D eigenvalue weighted by molar-refractivity contribution is 5.85. The molecule has 0 atom stereocenters. The van der Waals surface area contributed by atoms with Crippen molar-refractivity contribution in [1.29, 1.82) is 5.26 Å². The number of hydrogen-bond donors (Lipinski definition) is 3. The largest absolute Gasteiger partial charge is 0.490 e. The topological polar surface area (TPSA) is 112 Å². The maximum Gasteiger partial charge on any atom is 0.153 e. The van der Waals surface area contributed by atoms with Crippen molar-refractivity contribution in [3.05, 3.63) is 53.0 Å². The number of ether oxygens (including phenoxy) is 1. The molecule has 3 N–H and O–H groups in total. The first-order chi connectivity index (χ1) is 13.0. The molecule has 0 aliphatic carbocycles. The van der Waals surface area contributed by atoms with Crippen LogP contribution in [0.1, 0.15) is 22.6 Å². The summed E-state index contributed by atoms with van der Waals surface area (Å²) >= 11 is 0. The minimum atomic E-state index is 0. The molecule has 0 unspecified atom stereocenters. The lowest BCUT2D eigenvalue weighted by atomic mass is 10.2. The fourth-order valence-electron chi connectivity index (χ4n) is 2.52. The van der Waals surface area contributed by atoms with Crippen molar-refractivity contribution in [2.24, 2.45) is 0 Å². The van der Waals surface area contributed by atoms with Gasteiger partial charge in [0, 0.05) is 17.5 Å². The summed E-state index contributed by atoms with van der Waals surface area (Å²) in [6, 6.07) is 11.3. The first-order valence-electron chi connectivity index (χ1n) is 8.56. The number of H-pyrrole nitrogens is 1. The van der Waals surface area contributed by atoms with Crippen molar-refractivity contribution in [2.45, 2.75) is 20.8 Å². The van der Waals surface area contributed by atoms with Crippen LogP contribution in [0.25, 0.3) is 0 Å². The van der Waals surface area contributed by atoms with Gasteiger partial charge >= 0.3 is 0 Å². The Hall–Kier alpha value is -3.02. The van der Waals surface area contributed by atoms with Crippen molar-refractivity contribution >= 4 is 42.3 Å². The second-order valence-electron chi connectivity index (χ2n) is 6.08. The zero-order valence-corrected chi connectivity index (χ0v) is 17.9. The Morgan fingerprint density at radius 1 is 1.07 bits per heavy atom. The second-order valence-corrected chi connectivity index (χ2v) is 6.08. The highest BCUT2D eigenvalue weighted by Gasteiger charge is 2.07. The van der Waals surface area contributed by atoms with Crippen molar-refractivity contribution in [1.82, 2.24) is 20.2 Å². The summed E-state index contributed by atoms with van der Waals surface area (Å²) in [4.78, 5) is 8.83. The monoisotopic (exact) mass is 435 g/mol. The van der Waals surface area contributed by atoms with Gasteiger partial charge in [-0.1, -0.05) is 0 Å². The van der Waals surface area contributed by atoms with Gasteiger partial charge in [0.15, 0.2) is 5.82 Å².